The van der Waals surface area contributed by atoms with Crippen LogP contribution < -0.4 is 0 Å². The lowest BCUT2D eigenvalue weighted by Gasteiger charge is -2.18. The molecule has 1 nitrogen and oxygen atoms in total. The van der Waals surface area contributed by atoms with Gasteiger partial charge in [0, 0.05) is 11.3 Å². The third-order valence-electron chi connectivity index (χ3n) is 3.28. The molecule has 0 aromatic heterocycles. The van der Waals surface area contributed by atoms with E-state index < -0.39 is 0 Å². The zero-order chi connectivity index (χ0) is 7.52. The Hall–Kier alpha value is -0.330. The molecule has 0 aliphatic heterocycles. The summed E-state index contributed by atoms with van der Waals surface area (Å²) in [5, 5.41) is 0. The minimum atomic E-state index is 0.0157. The smallest absolute Gasteiger partial charge is 0.142 e. The first kappa shape index (κ1) is 6.38. The number of carbonyl (C=O) groups excluding carboxylic acids is 1. The molecule has 0 amide bonds. The van der Waals surface area contributed by atoms with E-state index in [-0.39, 0.29) is 5.41 Å². The SMILES string of the molecule is CC1C2CC(C)(C)C(=O)C12. The summed E-state index contributed by atoms with van der Waals surface area (Å²) >= 11 is 0. The molecule has 2 aliphatic rings. The van der Waals surface area contributed by atoms with E-state index in [9.17, 15) is 4.79 Å². The van der Waals surface area contributed by atoms with E-state index in [0.29, 0.717) is 17.6 Å². The average molecular weight is 138 g/mol. The van der Waals surface area contributed by atoms with Crippen LogP contribution in [0.15, 0.2) is 0 Å². The fourth-order valence-corrected chi connectivity index (χ4v) is 2.43. The van der Waals surface area contributed by atoms with Gasteiger partial charge in [0.2, 0.25) is 0 Å². The van der Waals surface area contributed by atoms with Crippen molar-refractivity contribution in [3.8, 4) is 0 Å². The van der Waals surface area contributed by atoms with Gasteiger partial charge in [-0.1, -0.05) is 20.8 Å². The van der Waals surface area contributed by atoms with E-state index in [1.807, 2.05) is 0 Å². The van der Waals surface area contributed by atoms with Crippen molar-refractivity contribution in [2.75, 3.05) is 0 Å². The normalized spacial score (nSPS) is 49.1. The molecule has 3 unspecified atom stereocenters. The second-order valence-electron chi connectivity index (χ2n) is 4.50. The van der Waals surface area contributed by atoms with Crippen LogP contribution >= 0.6 is 0 Å². The van der Waals surface area contributed by atoms with Crippen LogP contribution in [0, 0.1) is 23.2 Å². The standard InChI is InChI=1S/C9H14O/c1-5-6-4-9(2,3)8(10)7(5)6/h5-7H,4H2,1-3H3. The molecule has 0 aromatic rings. The van der Waals surface area contributed by atoms with E-state index in [2.05, 4.69) is 20.8 Å². The number of carbonyl (C=O) groups is 1. The van der Waals surface area contributed by atoms with Crippen molar-refractivity contribution in [2.24, 2.45) is 23.2 Å². The lowest BCUT2D eigenvalue weighted by molar-refractivity contribution is -0.126. The van der Waals surface area contributed by atoms with Gasteiger partial charge in [-0.3, -0.25) is 4.79 Å². The molecule has 10 heavy (non-hydrogen) atoms. The Morgan fingerprint density at radius 1 is 1.50 bits per heavy atom. The molecule has 56 valence electrons. The van der Waals surface area contributed by atoms with Crippen molar-refractivity contribution >= 4 is 5.78 Å². The summed E-state index contributed by atoms with van der Waals surface area (Å²) in [6.07, 6.45) is 1.14. The molecule has 2 rings (SSSR count). The first-order valence-electron chi connectivity index (χ1n) is 4.08. The van der Waals surface area contributed by atoms with Crippen LogP contribution in [0.3, 0.4) is 0 Å². The lowest BCUT2D eigenvalue weighted by Crippen LogP contribution is -2.22. The maximum absolute atomic E-state index is 11.5. The molecule has 0 aromatic carbocycles. The molecule has 3 atom stereocenters. The lowest BCUT2D eigenvalue weighted by atomic mass is 9.85. The third kappa shape index (κ3) is 0.561. The van der Waals surface area contributed by atoms with E-state index in [1.54, 1.807) is 0 Å². The Bertz CT molecular complexity index is 193. The molecular formula is C9H14O. The topological polar surface area (TPSA) is 17.1 Å². The van der Waals surface area contributed by atoms with Crippen molar-refractivity contribution in [1.82, 2.24) is 0 Å². The van der Waals surface area contributed by atoms with Crippen LogP contribution in [0.4, 0.5) is 0 Å². The number of Topliss-reactive ketones (excluding diaryl/α,β-unsaturated/α-hetero) is 1. The Kier molecular flexibility index (Phi) is 0.934. The highest BCUT2D eigenvalue weighted by Crippen LogP contribution is 2.61. The van der Waals surface area contributed by atoms with E-state index in [1.165, 1.54) is 0 Å². The van der Waals surface area contributed by atoms with E-state index in [0.717, 1.165) is 12.3 Å². The molecule has 1 heteroatoms. The molecule has 0 bridgehead atoms. The first-order chi connectivity index (χ1) is 4.54. The van der Waals surface area contributed by atoms with Gasteiger partial charge < -0.3 is 0 Å². The summed E-state index contributed by atoms with van der Waals surface area (Å²) in [5.74, 6) is 2.43. The minimum Gasteiger partial charge on any atom is -0.299 e. The van der Waals surface area contributed by atoms with Crippen molar-refractivity contribution < 1.29 is 4.79 Å². The molecule has 0 saturated heterocycles. The molecular weight excluding hydrogens is 124 g/mol. The highest BCUT2D eigenvalue weighted by atomic mass is 16.1. The summed E-state index contributed by atoms with van der Waals surface area (Å²) in [6, 6.07) is 0. The molecule has 0 radical (unpaired) electrons. The van der Waals surface area contributed by atoms with Gasteiger partial charge in [0.1, 0.15) is 5.78 Å². The zero-order valence-corrected chi connectivity index (χ0v) is 6.85. The second-order valence-corrected chi connectivity index (χ2v) is 4.50. The molecule has 0 heterocycles. The van der Waals surface area contributed by atoms with Crippen LogP contribution in [0.2, 0.25) is 0 Å². The van der Waals surface area contributed by atoms with Gasteiger partial charge in [0.25, 0.3) is 0 Å². The van der Waals surface area contributed by atoms with E-state index >= 15 is 0 Å². The molecule has 2 fully saturated rings. The largest absolute Gasteiger partial charge is 0.299 e. The van der Waals surface area contributed by atoms with Crippen molar-refractivity contribution in [3.05, 3.63) is 0 Å². The number of rotatable bonds is 0. The first-order valence-corrected chi connectivity index (χ1v) is 4.08. The number of hydrogen-bond donors (Lipinski definition) is 0. The summed E-state index contributed by atoms with van der Waals surface area (Å²) < 4.78 is 0. The molecule has 0 N–H and O–H groups in total. The van der Waals surface area contributed by atoms with Gasteiger partial charge >= 0.3 is 0 Å². The number of hydrogen-bond acceptors (Lipinski definition) is 1. The quantitative estimate of drug-likeness (QED) is 0.499. The van der Waals surface area contributed by atoms with Crippen molar-refractivity contribution in [2.45, 2.75) is 27.2 Å². The zero-order valence-electron chi connectivity index (χ0n) is 6.85. The van der Waals surface area contributed by atoms with Gasteiger partial charge in [-0.05, 0) is 18.3 Å². The third-order valence-corrected chi connectivity index (χ3v) is 3.28. The van der Waals surface area contributed by atoms with Crippen LogP contribution in [-0.4, -0.2) is 5.78 Å². The van der Waals surface area contributed by atoms with Crippen LogP contribution in [0.1, 0.15) is 27.2 Å². The maximum atomic E-state index is 11.5. The molecule has 0 spiro atoms. The van der Waals surface area contributed by atoms with Crippen molar-refractivity contribution in [1.29, 1.82) is 0 Å². The second kappa shape index (κ2) is 1.46. The van der Waals surface area contributed by atoms with Gasteiger partial charge in [-0.2, -0.15) is 0 Å². The van der Waals surface area contributed by atoms with Gasteiger partial charge in [0.05, 0.1) is 0 Å². The molecule has 2 aliphatic carbocycles. The highest BCUT2D eigenvalue weighted by molar-refractivity contribution is 5.92. The minimum absolute atomic E-state index is 0.0157. The van der Waals surface area contributed by atoms with Gasteiger partial charge in [0.15, 0.2) is 0 Å². The predicted molar refractivity (Wildman–Crippen MR) is 39.5 cm³/mol. The Morgan fingerprint density at radius 2 is 2.10 bits per heavy atom. The van der Waals surface area contributed by atoms with Crippen LogP contribution in [-0.2, 0) is 4.79 Å². The summed E-state index contributed by atoms with van der Waals surface area (Å²) in [6.45, 7) is 6.35. The fraction of sp³-hybridized carbons (Fsp3) is 0.889. The van der Waals surface area contributed by atoms with Crippen molar-refractivity contribution in [3.63, 3.8) is 0 Å². The summed E-state index contributed by atoms with van der Waals surface area (Å²) in [7, 11) is 0. The number of ketones is 1. The fourth-order valence-electron chi connectivity index (χ4n) is 2.43. The Morgan fingerprint density at radius 3 is 2.40 bits per heavy atom. The highest BCUT2D eigenvalue weighted by Gasteiger charge is 2.62. The monoisotopic (exact) mass is 138 g/mol. The van der Waals surface area contributed by atoms with Crippen LogP contribution in [0.5, 0.6) is 0 Å². The predicted octanol–water partition coefficient (Wildman–Crippen LogP) is 1.87. The van der Waals surface area contributed by atoms with Gasteiger partial charge in [-0.25, -0.2) is 0 Å². The average Bonchev–Trinajstić information content (AvgIpc) is 2.31. The Labute approximate surface area is 61.8 Å². The van der Waals surface area contributed by atoms with Crippen LogP contribution in [0.25, 0.3) is 0 Å². The molecule has 2 saturated carbocycles. The Balaban J connectivity index is 2.22. The maximum Gasteiger partial charge on any atom is 0.142 e. The van der Waals surface area contributed by atoms with Gasteiger partial charge in [-0.15, -0.1) is 0 Å². The number of fused-ring (bicyclic) bond motifs is 1. The summed E-state index contributed by atoms with van der Waals surface area (Å²) in [5.41, 5.74) is 0.0157. The summed E-state index contributed by atoms with van der Waals surface area (Å²) in [4.78, 5) is 11.5. The van der Waals surface area contributed by atoms with E-state index in [4.69, 9.17) is 0 Å².